The Hall–Kier alpha value is -1.38. The van der Waals surface area contributed by atoms with Crippen molar-refractivity contribution in [2.45, 2.75) is 31.7 Å². The molecule has 17 heavy (non-hydrogen) atoms. The van der Waals surface area contributed by atoms with Crippen LogP contribution in [-0.4, -0.2) is 14.5 Å². The van der Waals surface area contributed by atoms with Crippen molar-refractivity contribution in [1.29, 1.82) is 5.26 Å². The highest BCUT2D eigenvalue weighted by Crippen LogP contribution is 2.13. The maximum Gasteiger partial charge on any atom is 0.240 e. The predicted octanol–water partition coefficient (Wildman–Crippen LogP) is 1.88. The van der Waals surface area contributed by atoms with Crippen LogP contribution in [0.15, 0.2) is 29.2 Å². The second-order valence-corrected chi connectivity index (χ2v) is 6.01. The third-order valence-electron chi connectivity index (χ3n) is 2.61. The summed E-state index contributed by atoms with van der Waals surface area (Å²) in [5.41, 5.74) is 0.338. The van der Waals surface area contributed by atoms with Crippen LogP contribution < -0.4 is 4.72 Å². The fourth-order valence-corrected chi connectivity index (χ4v) is 2.62. The quantitative estimate of drug-likeness (QED) is 0.889. The van der Waals surface area contributed by atoms with Gasteiger partial charge in [-0.2, -0.15) is 5.26 Å². The van der Waals surface area contributed by atoms with Gasteiger partial charge in [-0.3, -0.25) is 0 Å². The minimum atomic E-state index is -3.54. The summed E-state index contributed by atoms with van der Waals surface area (Å²) in [6.07, 6.45) is 0. The van der Waals surface area contributed by atoms with E-state index in [-0.39, 0.29) is 16.9 Å². The smallest absolute Gasteiger partial charge is 0.208 e. The van der Waals surface area contributed by atoms with Gasteiger partial charge in [-0.1, -0.05) is 19.9 Å². The molecule has 0 bridgehead atoms. The summed E-state index contributed by atoms with van der Waals surface area (Å²) in [6, 6.07) is 7.77. The van der Waals surface area contributed by atoms with Gasteiger partial charge in [0.2, 0.25) is 10.0 Å². The Bertz CT molecular complexity index is 530. The van der Waals surface area contributed by atoms with Gasteiger partial charge in [0.15, 0.2) is 0 Å². The molecule has 92 valence electrons. The summed E-state index contributed by atoms with van der Waals surface area (Å²) >= 11 is 0. The molecule has 0 amide bonds. The average Bonchev–Trinajstić information content (AvgIpc) is 2.28. The SMILES string of the molecule is CC(C)[C@H](C)NS(=O)(=O)c1cccc(C#N)c1. The van der Waals surface area contributed by atoms with Crippen molar-refractivity contribution in [3.05, 3.63) is 29.8 Å². The van der Waals surface area contributed by atoms with Gasteiger partial charge >= 0.3 is 0 Å². The lowest BCUT2D eigenvalue weighted by molar-refractivity contribution is 0.476. The standard InChI is InChI=1S/C12H16N2O2S/c1-9(2)10(3)14-17(15,16)12-6-4-5-11(7-12)8-13/h4-7,9-10,14H,1-3H3/t10-/m0/s1. The fraction of sp³-hybridized carbons (Fsp3) is 0.417. The van der Waals surface area contributed by atoms with Crippen LogP contribution in [0.5, 0.6) is 0 Å². The number of rotatable bonds is 4. The molecule has 1 aromatic rings. The van der Waals surface area contributed by atoms with Crippen molar-refractivity contribution in [1.82, 2.24) is 4.72 Å². The van der Waals surface area contributed by atoms with E-state index in [0.29, 0.717) is 5.56 Å². The third kappa shape index (κ3) is 3.55. The molecule has 0 radical (unpaired) electrons. The van der Waals surface area contributed by atoms with Crippen LogP contribution in [0.25, 0.3) is 0 Å². The first-order chi connectivity index (χ1) is 7.86. The lowest BCUT2D eigenvalue weighted by Crippen LogP contribution is -2.36. The molecule has 0 spiro atoms. The summed E-state index contributed by atoms with van der Waals surface area (Å²) in [5, 5.41) is 8.73. The van der Waals surface area contributed by atoms with E-state index >= 15 is 0 Å². The Morgan fingerprint density at radius 1 is 1.29 bits per heavy atom. The summed E-state index contributed by atoms with van der Waals surface area (Å²) in [6.45, 7) is 5.70. The minimum absolute atomic E-state index is 0.129. The number of nitriles is 1. The number of nitrogens with one attached hydrogen (secondary N) is 1. The molecule has 1 atom stereocenters. The first-order valence-corrected chi connectivity index (χ1v) is 6.87. The molecule has 1 rings (SSSR count). The van der Waals surface area contributed by atoms with E-state index in [1.165, 1.54) is 12.1 Å². The lowest BCUT2D eigenvalue weighted by atomic mass is 10.1. The molecule has 1 aromatic carbocycles. The molecule has 0 saturated carbocycles. The molecule has 0 unspecified atom stereocenters. The normalized spacial score (nSPS) is 13.4. The van der Waals surface area contributed by atoms with E-state index < -0.39 is 10.0 Å². The maximum atomic E-state index is 12.0. The van der Waals surface area contributed by atoms with E-state index in [9.17, 15) is 8.42 Å². The zero-order valence-electron chi connectivity index (χ0n) is 10.1. The van der Waals surface area contributed by atoms with Gasteiger partial charge < -0.3 is 0 Å². The molecule has 0 saturated heterocycles. The molecule has 5 heteroatoms. The van der Waals surface area contributed by atoms with Crippen molar-refractivity contribution in [3.8, 4) is 6.07 Å². The summed E-state index contributed by atoms with van der Waals surface area (Å²) in [5.74, 6) is 0.212. The molecule has 1 N–H and O–H groups in total. The van der Waals surface area contributed by atoms with Crippen molar-refractivity contribution in [3.63, 3.8) is 0 Å². The predicted molar refractivity (Wildman–Crippen MR) is 65.8 cm³/mol. The maximum absolute atomic E-state index is 12.0. The van der Waals surface area contributed by atoms with Crippen LogP contribution >= 0.6 is 0 Å². The van der Waals surface area contributed by atoms with E-state index in [1.54, 1.807) is 12.1 Å². The first-order valence-electron chi connectivity index (χ1n) is 5.39. The number of hydrogen-bond donors (Lipinski definition) is 1. The highest BCUT2D eigenvalue weighted by Gasteiger charge is 2.19. The van der Waals surface area contributed by atoms with Gasteiger partial charge in [0.1, 0.15) is 0 Å². The van der Waals surface area contributed by atoms with Crippen LogP contribution in [0.2, 0.25) is 0 Å². The number of benzene rings is 1. The summed E-state index contributed by atoms with van der Waals surface area (Å²) in [4.78, 5) is 0.129. The van der Waals surface area contributed by atoms with Crippen LogP contribution in [0.1, 0.15) is 26.3 Å². The highest BCUT2D eigenvalue weighted by atomic mass is 32.2. The minimum Gasteiger partial charge on any atom is -0.208 e. The molecule has 0 aliphatic rings. The average molecular weight is 252 g/mol. The Morgan fingerprint density at radius 2 is 1.94 bits per heavy atom. The monoisotopic (exact) mass is 252 g/mol. The van der Waals surface area contributed by atoms with Crippen LogP contribution in [0, 0.1) is 17.2 Å². The van der Waals surface area contributed by atoms with E-state index in [1.807, 2.05) is 26.8 Å². The lowest BCUT2D eigenvalue weighted by Gasteiger charge is -2.17. The molecular formula is C12H16N2O2S. The first kappa shape index (κ1) is 13.7. The van der Waals surface area contributed by atoms with Gasteiger partial charge in [-0.05, 0) is 31.0 Å². The van der Waals surface area contributed by atoms with Crippen molar-refractivity contribution in [2.75, 3.05) is 0 Å². The number of sulfonamides is 1. The van der Waals surface area contributed by atoms with Crippen molar-refractivity contribution in [2.24, 2.45) is 5.92 Å². The topological polar surface area (TPSA) is 70.0 Å². The Balaban J connectivity index is 3.02. The molecule has 0 aliphatic carbocycles. The number of nitrogens with zero attached hydrogens (tertiary/aromatic N) is 1. The van der Waals surface area contributed by atoms with Gasteiger partial charge in [0.25, 0.3) is 0 Å². The largest absolute Gasteiger partial charge is 0.240 e. The van der Waals surface area contributed by atoms with E-state index in [4.69, 9.17) is 5.26 Å². The summed E-state index contributed by atoms with van der Waals surface area (Å²) in [7, 11) is -3.54. The van der Waals surface area contributed by atoms with Gasteiger partial charge in [0, 0.05) is 6.04 Å². The van der Waals surface area contributed by atoms with Gasteiger partial charge in [0.05, 0.1) is 16.5 Å². The highest BCUT2D eigenvalue weighted by molar-refractivity contribution is 7.89. The molecule has 0 fully saturated rings. The van der Waals surface area contributed by atoms with Crippen LogP contribution in [-0.2, 0) is 10.0 Å². The Morgan fingerprint density at radius 3 is 2.47 bits per heavy atom. The van der Waals surface area contributed by atoms with Gasteiger partial charge in [-0.25, -0.2) is 13.1 Å². The molecule has 0 aromatic heterocycles. The van der Waals surface area contributed by atoms with Crippen LogP contribution in [0.4, 0.5) is 0 Å². The van der Waals surface area contributed by atoms with E-state index in [0.717, 1.165) is 0 Å². The molecule has 0 aliphatic heterocycles. The van der Waals surface area contributed by atoms with Crippen molar-refractivity contribution < 1.29 is 8.42 Å². The second kappa shape index (κ2) is 5.30. The second-order valence-electron chi connectivity index (χ2n) is 4.29. The van der Waals surface area contributed by atoms with Gasteiger partial charge in [-0.15, -0.1) is 0 Å². The molecule has 4 nitrogen and oxygen atoms in total. The fourth-order valence-electron chi connectivity index (χ4n) is 1.18. The van der Waals surface area contributed by atoms with Crippen LogP contribution in [0.3, 0.4) is 0 Å². The zero-order valence-corrected chi connectivity index (χ0v) is 11.0. The number of hydrogen-bond acceptors (Lipinski definition) is 3. The summed E-state index contributed by atoms with van der Waals surface area (Å²) < 4.78 is 26.6. The molecule has 0 heterocycles. The zero-order chi connectivity index (χ0) is 13.1. The molecular weight excluding hydrogens is 236 g/mol. The van der Waals surface area contributed by atoms with E-state index in [2.05, 4.69) is 4.72 Å². The Kier molecular flexibility index (Phi) is 4.27. The Labute approximate surface area is 102 Å². The third-order valence-corrected chi connectivity index (χ3v) is 4.17. The van der Waals surface area contributed by atoms with Crippen molar-refractivity contribution >= 4 is 10.0 Å².